The Hall–Kier alpha value is -1.82. The van der Waals surface area contributed by atoms with Gasteiger partial charge in [0.25, 0.3) is 0 Å². The van der Waals surface area contributed by atoms with Crippen molar-refractivity contribution in [3.63, 3.8) is 0 Å². The molecule has 0 unspecified atom stereocenters. The zero-order chi connectivity index (χ0) is 16.1. The molecule has 1 aliphatic carbocycles. The molecule has 0 amide bonds. The van der Waals surface area contributed by atoms with Crippen molar-refractivity contribution in [3.8, 4) is 0 Å². The second kappa shape index (κ2) is 7.64. The lowest BCUT2D eigenvalue weighted by molar-refractivity contribution is 0.312. The van der Waals surface area contributed by atoms with Gasteiger partial charge < -0.3 is 20.9 Å². The number of nitrogens with zero attached hydrogens (tertiary/aromatic N) is 4. The fourth-order valence-electron chi connectivity index (χ4n) is 2.91. The standard InChI is InChI=1S/C17H28N6/c1-22-7-9-23(10-8-22)16-6-5-15(12-19-16)13-21-17(18)20-11-14-3-2-4-14/h5-6,12,14H,2-4,7-11,13H2,1H3,(H3,18,20,21). The number of piperazine rings is 1. The first-order valence-corrected chi connectivity index (χ1v) is 8.63. The number of rotatable bonds is 5. The minimum absolute atomic E-state index is 0.542. The minimum atomic E-state index is 0.542. The van der Waals surface area contributed by atoms with Gasteiger partial charge in [-0.1, -0.05) is 12.5 Å². The molecule has 1 aliphatic heterocycles. The smallest absolute Gasteiger partial charge is 0.188 e. The highest BCUT2D eigenvalue weighted by Crippen LogP contribution is 2.25. The summed E-state index contributed by atoms with van der Waals surface area (Å²) in [7, 11) is 2.16. The molecule has 2 aliphatic rings. The van der Waals surface area contributed by atoms with E-state index in [2.05, 4.69) is 44.3 Å². The number of aromatic nitrogens is 1. The van der Waals surface area contributed by atoms with Crippen molar-refractivity contribution in [1.82, 2.24) is 15.2 Å². The first kappa shape index (κ1) is 16.1. The van der Waals surface area contributed by atoms with Crippen molar-refractivity contribution in [2.24, 2.45) is 16.6 Å². The monoisotopic (exact) mass is 316 g/mol. The first-order valence-electron chi connectivity index (χ1n) is 8.63. The predicted molar refractivity (Wildman–Crippen MR) is 94.6 cm³/mol. The number of likely N-dealkylation sites (N-methyl/N-ethyl adjacent to an activating group) is 1. The van der Waals surface area contributed by atoms with Crippen LogP contribution < -0.4 is 16.0 Å². The van der Waals surface area contributed by atoms with Gasteiger partial charge in [0, 0.05) is 38.9 Å². The largest absolute Gasteiger partial charge is 0.370 e. The summed E-state index contributed by atoms with van der Waals surface area (Å²) in [5.74, 6) is 2.38. The van der Waals surface area contributed by atoms with Crippen LogP contribution in [0.4, 0.5) is 5.82 Å². The highest BCUT2D eigenvalue weighted by atomic mass is 15.3. The average Bonchev–Trinajstić information content (AvgIpc) is 2.53. The maximum Gasteiger partial charge on any atom is 0.188 e. The normalized spacial score (nSPS) is 20.4. The van der Waals surface area contributed by atoms with Gasteiger partial charge in [0.2, 0.25) is 0 Å². The zero-order valence-electron chi connectivity index (χ0n) is 14.0. The van der Waals surface area contributed by atoms with Crippen LogP contribution in [0.5, 0.6) is 0 Å². The maximum absolute atomic E-state index is 5.91. The fraction of sp³-hybridized carbons (Fsp3) is 0.647. The molecule has 1 aromatic rings. The molecule has 23 heavy (non-hydrogen) atoms. The number of guanidine groups is 1. The lowest BCUT2D eigenvalue weighted by Crippen LogP contribution is -2.44. The van der Waals surface area contributed by atoms with Crippen molar-refractivity contribution in [1.29, 1.82) is 0 Å². The van der Waals surface area contributed by atoms with E-state index in [1.165, 1.54) is 19.3 Å². The molecule has 0 aromatic carbocycles. The molecule has 6 heteroatoms. The second-order valence-corrected chi connectivity index (χ2v) is 6.69. The Labute approximate surface area is 138 Å². The molecule has 0 bridgehead atoms. The molecule has 0 spiro atoms. The predicted octanol–water partition coefficient (Wildman–Crippen LogP) is 1.04. The number of anilines is 1. The van der Waals surface area contributed by atoms with E-state index in [4.69, 9.17) is 5.73 Å². The number of nitrogens with one attached hydrogen (secondary N) is 1. The average molecular weight is 316 g/mol. The van der Waals surface area contributed by atoms with Crippen molar-refractivity contribution in [3.05, 3.63) is 23.9 Å². The van der Waals surface area contributed by atoms with E-state index in [1.807, 2.05) is 6.20 Å². The van der Waals surface area contributed by atoms with E-state index in [9.17, 15) is 0 Å². The summed E-state index contributed by atoms with van der Waals surface area (Å²) in [6, 6.07) is 4.19. The van der Waals surface area contributed by atoms with Gasteiger partial charge in [0.15, 0.2) is 5.96 Å². The van der Waals surface area contributed by atoms with Crippen molar-refractivity contribution in [2.45, 2.75) is 25.8 Å². The molecule has 2 fully saturated rings. The third kappa shape index (κ3) is 4.58. The fourth-order valence-corrected chi connectivity index (χ4v) is 2.91. The summed E-state index contributed by atoms with van der Waals surface area (Å²) in [6.07, 6.45) is 5.90. The molecule has 6 nitrogen and oxygen atoms in total. The molecule has 1 saturated heterocycles. The van der Waals surface area contributed by atoms with Gasteiger partial charge in [-0.05, 0) is 37.4 Å². The van der Waals surface area contributed by atoms with Crippen LogP contribution >= 0.6 is 0 Å². The van der Waals surface area contributed by atoms with Crippen LogP contribution in [0.15, 0.2) is 23.3 Å². The van der Waals surface area contributed by atoms with Crippen LogP contribution in [-0.4, -0.2) is 55.6 Å². The molecule has 2 heterocycles. The molecule has 0 radical (unpaired) electrons. The van der Waals surface area contributed by atoms with Crippen LogP contribution in [0.25, 0.3) is 0 Å². The Kier molecular flexibility index (Phi) is 5.33. The van der Waals surface area contributed by atoms with Gasteiger partial charge in [0.1, 0.15) is 5.82 Å². The number of pyridine rings is 1. The molecule has 1 saturated carbocycles. The molecule has 126 valence electrons. The Bertz CT molecular complexity index is 514. The third-order valence-corrected chi connectivity index (χ3v) is 4.86. The summed E-state index contributed by atoms with van der Waals surface area (Å²) in [6.45, 7) is 5.81. The first-order chi connectivity index (χ1) is 11.2. The van der Waals surface area contributed by atoms with Crippen molar-refractivity contribution in [2.75, 3.05) is 44.7 Å². The Balaban J connectivity index is 1.46. The van der Waals surface area contributed by atoms with E-state index in [0.717, 1.165) is 50.0 Å². The number of nitrogens with two attached hydrogens (primary N) is 1. The zero-order valence-corrected chi connectivity index (χ0v) is 14.0. The minimum Gasteiger partial charge on any atom is -0.370 e. The highest BCUT2D eigenvalue weighted by Gasteiger charge is 2.17. The molecular weight excluding hydrogens is 288 g/mol. The third-order valence-electron chi connectivity index (χ3n) is 4.86. The van der Waals surface area contributed by atoms with Gasteiger partial charge in [-0.15, -0.1) is 0 Å². The molecule has 1 aromatic heterocycles. The van der Waals surface area contributed by atoms with E-state index < -0.39 is 0 Å². The van der Waals surface area contributed by atoms with Crippen LogP contribution in [0.1, 0.15) is 24.8 Å². The molecule has 0 atom stereocenters. The van der Waals surface area contributed by atoms with Crippen LogP contribution in [0.2, 0.25) is 0 Å². The van der Waals surface area contributed by atoms with E-state index in [-0.39, 0.29) is 0 Å². The SMILES string of the molecule is CN1CCN(c2ccc(CN=C(N)NCC3CCC3)cn2)CC1. The Morgan fingerprint density at radius 1 is 1.30 bits per heavy atom. The van der Waals surface area contributed by atoms with Gasteiger partial charge >= 0.3 is 0 Å². The maximum atomic E-state index is 5.91. The number of hydrogen-bond donors (Lipinski definition) is 2. The Morgan fingerprint density at radius 2 is 2.09 bits per heavy atom. The quantitative estimate of drug-likeness (QED) is 0.627. The summed E-state index contributed by atoms with van der Waals surface area (Å²) in [4.78, 5) is 13.7. The van der Waals surface area contributed by atoms with Crippen LogP contribution in [0.3, 0.4) is 0 Å². The van der Waals surface area contributed by atoms with Gasteiger partial charge in [-0.2, -0.15) is 0 Å². The van der Waals surface area contributed by atoms with Crippen LogP contribution in [0, 0.1) is 5.92 Å². The summed E-state index contributed by atoms with van der Waals surface area (Å²) in [5, 5.41) is 3.22. The number of hydrogen-bond acceptors (Lipinski definition) is 4. The van der Waals surface area contributed by atoms with E-state index in [0.29, 0.717) is 12.5 Å². The lowest BCUT2D eigenvalue weighted by atomic mass is 9.85. The summed E-state index contributed by atoms with van der Waals surface area (Å²) >= 11 is 0. The van der Waals surface area contributed by atoms with E-state index in [1.54, 1.807) is 0 Å². The number of aliphatic imine (C=N–C) groups is 1. The topological polar surface area (TPSA) is 69.8 Å². The lowest BCUT2D eigenvalue weighted by Gasteiger charge is -2.33. The van der Waals surface area contributed by atoms with Gasteiger partial charge in [0.05, 0.1) is 6.54 Å². The molecule has 3 N–H and O–H groups in total. The second-order valence-electron chi connectivity index (χ2n) is 6.69. The Morgan fingerprint density at radius 3 is 2.70 bits per heavy atom. The van der Waals surface area contributed by atoms with Crippen LogP contribution in [-0.2, 0) is 6.54 Å². The van der Waals surface area contributed by atoms with Gasteiger partial charge in [-0.25, -0.2) is 9.98 Å². The van der Waals surface area contributed by atoms with E-state index >= 15 is 0 Å². The summed E-state index contributed by atoms with van der Waals surface area (Å²) in [5.41, 5.74) is 7.01. The van der Waals surface area contributed by atoms with Crippen molar-refractivity contribution < 1.29 is 0 Å². The molecule has 3 rings (SSSR count). The molecular formula is C17H28N6. The highest BCUT2D eigenvalue weighted by molar-refractivity contribution is 5.77. The summed E-state index contributed by atoms with van der Waals surface area (Å²) < 4.78 is 0. The van der Waals surface area contributed by atoms with Crippen molar-refractivity contribution >= 4 is 11.8 Å². The van der Waals surface area contributed by atoms with Gasteiger partial charge in [-0.3, -0.25) is 0 Å².